The van der Waals surface area contributed by atoms with Crippen LogP contribution in [-0.2, 0) is 11.3 Å². The minimum absolute atomic E-state index is 0.00889. The Labute approximate surface area is 147 Å². The average molecular weight is 344 g/mol. The van der Waals surface area contributed by atoms with Crippen LogP contribution in [0.2, 0.25) is 0 Å². The molecule has 0 spiro atoms. The topological polar surface area (TPSA) is 81.8 Å². The lowest BCUT2D eigenvalue weighted by Crippen LogP contribution is -2.42. The molecule has 2 heterocycles. The first-order chi connectivity index (χ1) is 12.1. The number of carbonyl (C=O) groups is 3. The largest absolute Gasteiger partial charge is 0.334 e. The number of hydrogen-bond acceptors (Lipinski definition) is 4. The summed E-state index contributed by atoms with van der Waals surface area (Å²) in [5.74, 6) is -0.235. The normalized spacial score (nSPS) is 20.0. The van der Waals surface area contributed by atoms with Gasteiger partial charge in [-0.1, -0.05) is 19.1 Å². The number of nitrogens with one attached hydrogen (secondary N) is 2. The van der Waals surface area contributed by atoms with E-state index in [2.05, 4.69) is 17.6 Å². The molecule has 0 saturated carbocycles. The van der Waals surface area contributed by atoms with Crippen molar-refractivity contribution < 1.29 is 14.4 Å². The minimum Gasteiger partial charge on any atom is -0.334 e. The zero-order valence-electron chi connectivity index (χ0n) is 14.5. The van der Waals surface area contributed by atoms with Gasteiger partial charge >= 0.3 is 6.03 Å². The Kier molecular flexibility index (Phi) is 5.33. The number of urea groups is 1. The maximum Gasteiger partial charge on any atom is 0.324 e. The molecule has 1 atom stereocenters. The lowest BCUT2D eigenvalue weighted by atomic mass is 10.1. The Morgan fingerprint density at radius 2 is 2.20 bits per heavy atom. The van der Waals surface area contributed by atoms with Crippen LogP contribution in [0.3, 0.4) is 0 Å². The van der Waals surface area contributed by atoms with E-state index in [1.54, 1.807) is 18.2 Å². The van der Waals surface area contributed by atoms with Crippen molar-refractivity contribution in [3.05, 3.63) is 35.4 Å². The van der Waals surface area contributed by atoms with Crippen molar-refractivity contribution in [3.8, 4) is 0 Å². The van der Waals surface area contributed by atoms with E-state index in [4.69, 9.17) is 0 Å². The molecule has 0 aliphatic carbocycles. The highest BCUT2D eigenvalue weighted by atomic mass is 16.2. The molecular formula is C18H24N4O3. The lowest BCUT2D eigenvalue weighted by Gasteiger charge is -2.28. The molecule has 7 nitrogen and oxygen atoms in total. The van der Waals surface area contributed by atoms with Gasteiger partial charge in [0.25, 0.3) is 5.91 Å². The van der Waals surface area contributed by atoms with E-state index in [-0.39, 0.29) is 37.0 Å². The van der Waals surface area contributed by atoms with Crippen LogP contribution in [0.4, 0.5) is 4.79 Å². The van der Waals surface area contributed by atoms with Crippen molar-refractivity contribution in [2.75, 3.05) is 26.2 Å². The quantitative estimate of drug-likeness (QED) is 0.753. The standard InChI is InChI=1S/C18H24N4O3/c1-2-8-21(15-6-7-19-10-15)17(24)14-5-3-4-13(9-14)12-22-16(23)11-20-18(22)25/h3-5,9,15,19H,2,6-8,10-12H2,1H3,(H,20,25). The summed E-state index contributed by atoms with van der Waals surface area (Å²) in [6.07, 6.45) is 1.87. The molecule has 2 aliphatic heterocycles. The lowest BCUT2D eigenvalue weighted by molar-refractivity contribution is -0.125. The van der Waals surface area contributed by atoms with Gasteiger partial charge in [0.05, 0.1) is 13.1 Å². The zero-order valence-corrected chi connectivity index (χ0v) is 14.5. The highest BCUT2D eigenvalue weighted by molar-refractivity contribution is 6.02. The number of amides is 4. The first-order valence-corrected chi connectivity index (χ1v) is 8.79. The smallest absolute Gasteiger partial charge is 0.324 e. The summed E-state index contributed by atoms with van der Waals surface area (Å²) in [6, 6.07) is 7.05. The van der Waals surface area contributed by atoms with Gasteiger partial charge < -0.3 is 15.5 Å². The van der Waals surface area contributed by atoms with E-state index in [9.17, 15) is 14.4 Å². The fourth-order valence-electron chi connectivity index (χ4n) is 3.36. The maximum atomic E-state index is 13.0. The Balaban J connectivity index is 1.76. The van der Waals surface area contributed by atoms with Crippen molar-refractivity contribution in [2.24, 2.45) is 0 Å². The summed E-state index contributed by atoms with van der Waals surface area (Å²) in [5.41, 5.74) is 1.38. The van der Waals surface area contributed by atoms with Gasteiger partial charge in [-0.05, 0) is 37.1 Å². The predicted octanol–water partition coefficient (Wildman–Crippen LogP) is 0.952. The van der Waals surface area contributed by atoms with Gasteiger partial charge in [-0.2, -0.15) is 0 Å². The number of nitrogens with zero attached hydrogens (tertiary/aromatic N) is 2. The van der Waals surface area contributed by atoms with Crippen molar-refractivity contribution in [3.63, 3.8) is 0 Å². The molecule has 0 aromatic heterocycles. The second-order valence-corrected chi connectivity index (χ2v) is 6.48. The molecule has 2 aliphatic rings. The third-order valence-electron chi connectivity index (χ3n) is 4.65. The molecule has 25 heavy (non-hydrogen) atoms. The third-order valence-corrected chi connectivity index (χ3v) is 4.65. The molecule has 134 valence electrons. The minimum atomic E-state index is -0.383. The van der Waals surface area contributed by atoms with Gasteiger partial charge in [-0.25, -0.2) is 4.79 Å². The van der Waals surface area contributed by atoms with Crippen molar-refractivity contribution in [1.82, 2.24) is 20.4 Å². The van der Waals surface area contributed by atoms with Crippen LogP contribution >= 0.6 is 0 Å². The molecule has 7 heteroatoms. The van der Waals surface area contributed by atoms with Crippen LogP contribution in [0.1, 0.15) is 35.7 Å². The number of rotatable bonds is 6. The first kappa shape index (κ1) is 17.4. The maximum absolute atomic E-state index is 13.0. The van der Waals surface area contributed by atoms with Gasteiger partial charge in [0.15, 0.2) is 0 Å². The summed E-state index contributed by atoms with van der Waals surface area (Å²) >= 11 is 0. The fraction of sp³-hybridized carbons (Fsp3) is 0.500. The van der Waals surface area contributed by atoms with E-state index in [1.165, 1.54) is 4.90 Å². The van der Waals surface area contributed by atoms with Crippen molar-refractivity contribution in [1.29, 1.82) is 0 Å². The van der Waals surface area contributed by atoms with Crippen LogP contribution in [0.15, 0.2) is 24.3 Å². The van der Waals surface area contributed by atoms with Crippen LogP contribution in [0.5, 0.6) is 0 Å². The summed E-state index contributed by atoms with van der Waals surface area (Å²) in [6.45, 7) is 4.78. The number of benzene rings is 1. The third kappa shape index (κ3) is 3.82. The Bertz CT molecular complexity index is 654. The van der Waals surface area contributed by atoms with Crippen LogP contribution in [0, 0.1) is 0 Å². The van der Waals surface area contributed by atoms with Gasteiger partial charge in [-0.15, -0.1) is 0 Å². The summed E-state index contributed by atoms with van der Waals surface area (Å²) in [5, 5.41) is 5.81. The van der Waals surface area contributed by atoms with Gasteiger partial charge in [0, 0.05) is 24.7 Å². The molecular weight excluding hydrogens is 320 g/mol. The highest BCUT2D eigenvalue weighted by Gasteiger charge is 2.29. The Hall–Kier alpha value is -2.41. The zero-order chi connectivity index (χ0) is 17.8. The van der Waals surface area contributed by atoms with Gasteiger partial charge in [-0.3, -0.25) is 14.5 Å². The SMILES string of the molecule is CCCN(C(=O)c1cccc(CN2C(=O)CNC2=O)c1)C1CCNC1. The second-order valence-electron chi connectivity index (χ2n) is 6.48. The van der Waals surface area contributed by atoms with E-state index in [1.807, 2.05) is 11.0 Å². The fourth-order valence-corrected chi connectivity index (χ4v) is 3.36. The summed E-state index contributed by atoms with van der Waals surface area (Å²) < 4.78 is 0. The molecule has 0 radical (unpaired) electrons. The molecule has 0 bridgehead atoms. The number of imide groups is 1. The van der Waals surface area contributed by atoms with Crippen LogP contribution in [-0.4, -0.2) is 59.9 Å². The number of carbonyl (C=O) groups excluding carboxylic acids is 3. The summed E-state index contributed by atoms with van der Waals surface area (Å²) in [7, 11) is 0. The van der Waals surface area contributed by atoms with Crippen LogP contribution < -0.4 is 10.6 Å². The van der Waals surface area contributed by atoms with E-state index >= 15 is 0 Å². The van der Waals surface area contributed by atoms with Crippen molar-refractivity contribution >= 4 is 17.8 Å². The van der Waals surface area contributed by atoms with Crippen molar-refractivity contribution in [2.45, 2.75) is 32.4 Å². The molecule has 3 rings (SSSR count). The van der Waals surface area contributed by atoms with Crippen LogP contribution in [0.25, 0.3) is 0 Å². The van der Waals surface area contributed by atoms with Gasteiger partial charge in [0.2, 0.25) is 5.91 Å². The van der Waals surface area contributed by atoms with E-state index in [0.717, 1.165) is 38.0 Å². The van der Waals surface area contributed by atoms with Gasteiger partial charge in [0.1, 0.15) is 0 Å². The second kappa shape index (κ2) is 7.65. The highest BCUT2D eigenvalue weighted by Crippen LogP contribution is 2.17. The molecule has 1 aromatic carbocycles. The molecule has 1 aromatic rings. The van der Waals surface area contributed by atoms with E-state index < -0.39 is 0 Å². The molecule has 2 N–H and O–H groups in total. The Morgan fingerprint density at radius 3 is 2.84 bits per heavy atom. The Morgan fingerprint density at radius 1 is 1.36 bits per heavy atom. The average Bonchev–Trinajstić information content (AvgIpc) is 3.25. The first-order valence-electron chi connectivity index (χ1n) is 8.79. The molecule has 4 amide bonds. The molecule has 2 saturated heterocycles. The summed E-state index contributed by atoms with van der Waals surface area (Å²) in [4.78, 5) is 39.5. The monoisotopic (exact) mass is 344 g/mol. The van der Waals surface area contributed by atoms with E-state index in [0.29, 0.717) is 5.56 Å². The molecule has 2 fully saturated rings. The number of hydrogen-bond donors (Lipinski definition) is 2. The molecule has 1 unspecified atom stereocenters. The predicted molar refractivity (Wildman–Crippen MR) is 93.0 cm³/mol.